The van der Waals surface area contributed by atoms with E-state index in [2.05, 4.69) is 5.32 Å². The van der Waals surface area contributed by atoms with Crippen molar-refractivity contribution in [1.82, 2.24) is 5.32 Å². The van der Waals surface area contributed by atoms with E-state index < -0.39 is 30.8 Å². The Morgan fingerprint density at radius 3 is 2.35 bits per heavy atom. The molecule has 2 saturated heterocycles. The fourth-order valence-corrected chi connectivity index (χ4v) is 8.35. The first-order valence-electron chi connectivity index (χ1n) is 10.5. The second kappa shape index (κ2) is 8.62. The van der Waals surface area contributed by atoms with Gasteiger partial charge in [-0.25, -0.2) is 8.42 Å². The maximum atomic E-state index is 13.7. The van der Waals surface area contributed by atoms with Gasteiger partial charge < -0.3 is 9.47 Å². The molecule has 1 N–H and O–H groups in total. The van der Waals surface area contributed by atoms with Gasteiger partial charge in [0.1, 0.15) is 0 Å². The highest BCUT2D eigenvalue weighted by Crippen LogP contribution is 2.45. The zero-order valence-corrected chi connectivity index (χ0v) is 20.6. The summed E-state index contributed by atoms with van der Waals surface area (Å²) in [6, 6.07) is 17.2. The van der Waals surface area contributed by atoms with Gasteiger partial charge in [-0.15, -0.1) is 11.3 Å². The Kier molecular flexibility index (Phi) is 5.89. The molecule has 0 aliphatic carbocycles. The van der Waals surface area contributed by atoms with Crippen molar-refractivity contribution in [3.63, 3.8) is 0 Å². The molecule has 2 amide bonds. The maximum absolute atomic E-state index is 13.7. The number of carbonyl (C=O) groups is 2. The lowest BCUT2D eigenvalue weighted by Gasteiger charge is -2.28. The minimum absolute atomic E-state index is 0.0101. The Labute approximate surface area is 205 Å². The molecule has 3 heterocycles. The van der Waals surface area contributed by atoms with Crippen molar-refractivity contribution < 1.29 is 27.5 Å². The molecular formula is C24H21NO6S3. The van der Waals surface area contributed by atoms with Crippen molar-refractivity contribution in [3.05, 3.63) is 87.6 Å². The smallest absolute Gasteiger partial charge is 0.287 e. The largest absolute Gasteiger partial charge is 0.339 e. The summed E-state index contributed by atoms with van der Waals surface area (Å²) in [4.78, 5) is 26.1. The predicted octanol–water partition coefficient (Wildman–Crippen LogP) is 4.00. The summed E-state index contributed by atoms with van der Waals surface area (Å²) in [5.41, 5.74) is 2.15. The van der Waals surface area contributed by atoms with Gasteiger partial charge in [0, 0.05) is 12.0 Å². The highest BCUT2D eigenvalue weighted by Gasteiger charge is 2.58. The number of thioether (sulfide) groups is 1. The van der Waals surface area contributed by atoms with E-state index in [0.717, 1.165) is 10.4 Å². The number of rotatable bonds is 6. The molecule has 2 fully saturated rings. The standard InChI is InChI=1S/C24H21NO6S3/c1-16-7-9-19(10-8-16)34(28,29)23(21(26)25-22(27)33-23)15-17-4-2-5-18(14-17)24(30-11-12-31-24)20-6-3-13-32-20/h2-10,13-14H,11-12,15H2,1H3,(H,25,26,27). The molecule has 0 radical (unpaired) electrons. The third kappa shape index (κ3) is 3.70. The van der Waals surface area contributed by atoms with Crippen LogP contribution in [0.2, 0.25) is 0 Å². The van der Waals surface area contributed by atoms with Gasteiger partial charge in [0.25, 0.3) is 11.1 Å². The number of aryl methyl sites for hydroxylation is 1. The molecule has 5 rings (SSSR count). The Morgan fingerprint density at radius 2 is 1.74 bits per heavy atom. The normalized spacial score (nSPS) is 22.1. The Bertz CT molecular complexity index is 1350. The summed E-state index contributed by atoms with van der Waals surface area (Å²) in [6.45, 7) is 2.68. The summed E-state index contributed by atoms with van der Waals surface area (Å²) < 4.78 is 37.5. The minimum atomic E-state index is -4.22. The van der Waals surface area contributed by atoms with E-state index in [4.69, 9.17) is 9.47 Å². The van der Waals surface area contributed by atoms with Gasteiger partial charge in [-0.3, -0.25) is 14.9 Å². The van der Waals surface area contributed by atoms with Gasteiger partial charge in [-0.1, -0.05) is 42.0 Å². The van der Waals surface area contributed by atoms with E-state index >= 15 is 0 Å². The molecule has 2 aliphatic rings. The summed E-state index contributed by atoms with van der Waals surface area (Å²) in [5, 5.41) is 3.42. The fraction of sp³-hybridized carbons (Fsp3) is 0.250. The molecule has 3 aromatic rings. The maximum Gasteiger partial charge on any atom is 0.287 e. The fourth-order valence-electron chi connectivity index (χ4n) is 4.19. The summed E-state index contributed by atoms with van der Waals surface area (Å²) in [5.74, 6) is -1.93. The predicted molar refractivity (Wildman–Crippen MR) is 129 cm³/mol. The third-order valence-electron chi connectivity index (χ3n) is 5.87. The second-order valence-corrected chi connectivity index (χ2v) is 12.7. The molecule has 1 unspecified atom stereocenters. The Morgan fingerprint density at radius 1 is 1.00 bits per heavy atom. The van der Waals surface area contributed by atoms with Crippen LogP contribution in [0.5, 0.6) is 0 Å². The number of thiophene rings is 1. The molecule has 2 aromatic carbocycles. The van der Waals surface area contributed by atoms with E-state index in [0.29, 0.717) is 36.1 Å². The molecule has 0 bridgehead atoms. The Balaban J connectivity index is 1.58. The molecule has 7 nitrogen and oxygen atoms in total. The highest BCUT2D eigenvalue weighted by molar-refractivity contribution is 8.25. The number of amides is 2. The van der Waals surface area contributed by atoms with E-state index in [1.165, 1.54) is 23.5 Å². The molecule has 34 heavy (non-hydrogen) atoms. The second-order valence-electron chi connectivity index (χ2n) is 8.08. The zero-order valence-electron chi connectivity index (χ0n) is 18.1. The summed E-state index contributed by atoms with van der Waals surface area (Å²) >= 11 is 2.01. The van der Waals surface area contributed by atoms with Gasteiger partial charge in [-0.05, 0) is 53.9 Å². The number of imide groups is 1. The topological polar surface area (TPSA) is 98.8 Å². The number of ether oxygens (including phenoxy) is 2. The van der Waals surface area contributed by atoms with Crippen molar-refractivity contribution in [2.24, 2.45) is 0 Å². The van der Waals surface area contributed by atoms with Gasteiger partial charge in [0.2, 0.25) is 19.7 Å². The molecule has 10 heteroatoms. The average molecular weight is 516 g/mol. The summed E-state index contributed by atoms with van der Waals surface area (Å²) in [7, 11) is -4.22. The lowest BCUT2D eigenvalue weighted by Crippen LogP contribution is -2.45. The van der Waals surface area contributed by atoms with Crippen LogP contribution in [0.1, 0.15) is 21.6 Å². The summed E-state index contributed by atoms with van der Waals surface area (Å²) in [6.07, 6.45) is -0.195. The number of nitrogens with one attached hydrogen (secondary N) is 1. The van der Waals surface area contributed by atoms with Crippen LogP contribution in [0, 0.1) is 6.92 Å². The first-order valence-corrected chi connectivity index (χ1v) is 13.7. The molecule has 1 atom stereocenters. The lowest BCUT2D eigenvalue weighted by atomic mass is 9.99. The van der Waals surface area contributed by atoms with Gasteiger partial charge in [-0.2, -0.15) is 0 Å². The average Bonchev–Trinajstić information content (AvgIpc) is 3.56. The van der Waals surface area contributed by atoms with Crippen LogP contribution in [0.3, 0.4) is 0 Å². The van der Waals surface area contributed by atoms with E-state index in [1.54, 1.807) is 30.3 Å². The molecule has 176 valence electrons. The van der Waals surface area contributed by atoms with E-state index in [1.807, 2.05) is 30.5 Å². The number of hydrogen-bond donors (Lipinski definition) is 1. The van der Waals surface area contributed by atoms with Crippen molar-refractivity contribution in [2.45, 2.75) is 28.1 Å². The molecule has 1 aromatic heterocycles. The van der Waals surface area contributed by atoms with Crippen LogP contribution in [-0.4, -0.2) is 36.9 Å². The molecule has 0 spiro atoms. The van der Waals surface area contributed by atoms with Crippen molar-refractivity contribution in [3.8, 4) is 0 Å². The molecular weight excluding hydrogens is 494 g/mol. The number of carbonyl (C=O) groups excluding carboxylic acids is 2. The van der Waals surface area contributed by atoms with Crippen LogP contribution in [0.25, 0.3) is 0 Å². The van der Waals surface area contributed by atoms with Crippen molar-refractivity contribution in [1.29, 1.82) is 0 Å². The lowest BCUT2D eigenvalue weighted by molar-refractivity contribution is -0.127. The highest BCUT2D eigenvalue weighted by atomic mass is 32.3. The van der Waals surface area contributed by atoms with Crippen LogP contribution in [0.15, 0.2) is 70.9 Å². The molecule has 2 aliphatic heterocycles. The first-order chi connectivity index (χ1) is 16.3. The van der Waals surface area contributed by atoms with Crippen molar-refractivity contribution >= 4 is 44.1 Å². The van der Waals surface area contributed by atoms with Crippen molar-refractivity contribution in [2.75, 3.05) is 13.2 Å². The number of benzene rings is 2. The SMILES string of the molecule is Cc1ccc(S(=O)(=O)C2(Cc3cccc(C4(c5cccs5)OCCO4)c3)SC(=O)NC2=O)cc1. The van der Waals surface area contributed by atoms with Crippen LogP contribution in [0.4, 0.5) is 4.79 Å². The Hall–Kier alpha value is -2.50. The minimum Gasteiger partial charge on any atom is -0.339 e. The number of hydrogen-bond acceptors (Lipinski definition) is 8. The third-order valence-corrected chi connectivity index (χ3v) is 10.8. The van der Waals surface area contributed by atoms with E-state index in [9.17, 15) is 18.0 Å². The van der Waals surface area contributed by atoms with Gasteiger partial charge >= 0.3 is 0 Å². The quantitative estimate of drug-likeness (QED) is 0.530. The molecule has 0 saturated carbocycles. The van der Waals surface area contributed by atoms with Crippen LogP contribution in [-0.2, 0) is 36.3 Å². The monoisotopic (exact) mass is 515 g/mol. The van der Waals surface area contributed by atoms with Crippen LogP contribution >= 0.6 is 23.1 Å². The van der Waals surface area contributed by atoms with Crippen LogP contribution < -0.4 is 5.32 Å². The number of sulfone groups is 1. The van der Waals surface area contributed by atoms with Gasteiger partial charge in [0.15, 0.2) is 0 Å². The first kappa shape index (κ1) is 23.3. The van der Waals surface area contributed by atoms with E-state index in [-0.39, 0.29) is 11.3 Å². The van der Waals surface area contributed by atoms with Gasteiger partial charge in [0.05, 0.1) is 23.0 Å². The zero-order chi connectivity index (χ0) is 24.0.